The molecule has 2 nitrogen and oxygen atoms in total. The van der Waals surface area contributed by atoms with Crippen LogP contribution in [0.5, 0.6) is 0 Å². The summed E-state index contributed by atoms with van der Waals surface area (Å²) in [5, 5.41) is 0. The zero-order valence-corrected chi connectivity index (χ0v) is 11.3. The Morgan fingerprint density at radius 1 is 1.11 bits per heavy atom. The lowest BCUT2D eigenvalue weighted by Crippen LogP contribution is -2.44. The van der Waals surface area contributed by atoms with E-state index in [-0.39, 0.29) is 0 Å². The third kappa shape index (κ3) is 3.70. The molecule has 0 unspecified atom stereocenters. The van der Waals surface area contributed by atoms with Gasteiger partial charge in [-0.3, -0.25) is 4.90 Å². The van der Waals surface area contributed by atoms with Gasteiger partial charge in [0.2, 0.25) is 0 Å². The smallest absolute Gasteiger partial charge is 0.304 e. The molecule has 0 radical (unpaired) electrons. The third-order valence-corrected chi connectivity index (χ3v) is 3.56. The number of rotatable bonds is 2. The predicted molar refractivity (Wildman–Crippen MR) is 69.0 cm³/mol. The Balaban J connectivity index is 2.17. The second-order valence-corrected chi connectivity index (χ2v) is 5.24. The minimum absolute atomic E-state index is 0.379. The largest absolute Gasteiger partial charge is 0.416 e. The highest BCUT2D eigenvalue weighted by Gasteiger charge is 2.33. The van der Waals surface area contributed by atoms with Crippen molar-refractivity contribution in [2.75, 3.05) is 33.2 Å². The molecule has 1 aliphatic rings. The molecule has 19 heavy (non-hydrogen) atoms. The minimum atomic E-state index is -4.27. The fourth-order valence-corrected chi connectivity index (χ4v) is 2.38. The van der Waals surface area contributed by atoms with Crippen LogP contribution < -0.4 is 0 Å². The Bertz CT molecular complexity index is 435. The van der Waals surface area contributed by atoms with E-state index in [9.17, 15) is 13.2 Å². The van der Waals surface area contributed by atoms with Gasteiger partial charge < -0.3 is 4.90 Å². The van der Waals surface area contributed by atoms with Gasteiger partial charge >= 0.3 is 6.18 Å². The number of hydrogen-bond donors (Lipinski definition) is 0. The van der Waals surface area contributed by atoms with Crippen LogP contribution in [-0.4, -0.2) is 43.0 Å². The van der Waals surface area contributed by atoms with Crippen molar-refractivity contribution in [1.82, 2.24) is 9.80 Å². The highest BCUT2D eigenvalue weighted by Crippen LogP contribution is 2.33. The molecule has 0 N–H and O–H groups in total. The predicted octanol–water partition coefficient (Wildman–Crippen LogP) is 2.76. The molecule has 1 aliphatic heterocycles. The summed E-state index contributed by atoms with van der Waals surface area (Å²) < 4.78 is 38.9. The fourth-order valence-electron chi connectivity index (χ4n) is 2.38. The van der Waals surface area contributed by atoms with Crippen LogP contribution in [0.3, 0.4) is 0 Å². The highest BCUT2D eigenvalue weighted by atomic mass is 19.4. The third-order valence-electron chi connectivity index (χ3n) is 3.56. The van der Waals surface area contributed by atoms with Gasteiger partial charge in [0.05, 0.1) is 5.56 Å². The molecule has 0 atom stereocenters. The molecular formula is C14H19F3N2. The van der Waals surface area contributed by atoms with E-state index in [0.717, 1.165) is 31.7 Å². The monoisotopic (exact) mass is 272 g/mol. The Morgan fingerprint density at radius 3 is 2.32 bits per heavy atom. The molecule has 0 aromatic heterocycles. The number of likely N-dealkylation sites (N-methyl/N-ethyl adjacent to an activating group) is 1. The molecule has 2 rings (SSSR count). The van der Waals surface area contributed by atoms with Crippen LogP contribution in [-0.2, 0) is 12.7 Å². The normalized spacial score (nSPS) is 18.8. The van der Waals surface area contributed by atoms with Crippen LogP contribution in [0, 0.1) is 6.92 Å². The van der Waals surface area contributed by atoms with Gasteiger partial charge in [0, 0.05) is 32.7 Å². The first kappa shape index (κ1) is 14.3. The first-order chi connectivity index (χ1) is 8.86. The maximum Gasteiger partial charge on any atom is 0.416 e. The van der Waals surface area contributed by atoms with E-state index >= 15 is 0 Å². The van der Waals surface area contributed by atoms with Crippen molar-refractivity contribution in [2.24, 2.45) is 0 Å². The fraction of sp³-hybridized carbons (Fsp3) is 0.571. The number of nitrogens with zero attached hydrogens (tertiary/aromatic N) is 2. The average Bonchev–Trinajstić information content (AvgIpc) is 2.30. The van der Waals surface area contributed by atoms with Crippen molar-refractivity contribution in [2.45, 2.75) is 19.6 Å². The average molecular weight is 272 g/mol. The molecular weight excluding hydrogens is 253 g/mol. The molecule has 1 saturated heterocycles. The van der Waals surface area contributed by atoms with Crippen molar-refractivity contribution in [1.29, 1.82) is 0 Å². The molecule has 0 saturated carbocycles. The van der Waals surface area contributed by atoms with Crippen molar-refractivity contribution in [3.05, 3.63) is 34.9 Å². The standard InChI is InChI=1S/C14H19F3N2/c1-11-3-4-13(14(15,16)17)12(9-11)10-19-7-5-18(2)6-8-19/h3-4,9H,5-8,10H2,1-2H3. The summed E-state index contributed by atoms with van der Waals surface area (Å²) in [6, 6.07) is 4.37. The molecule has 1 aromatic rings. The molecule has 0 amide bonds. The Morgan fingerprint density at radius 2 is 1.74 bits per heavy atom. The van der Waals surface area contributed by atoms with Crippen LogP contribution >= 0.6 is 0 Å². The number of piperazine rings is 1. The molecule has 5 heteroatoms. The van der Waals surface area contributed by atoms with E-state index in [1.807, 2.05) is 14.0 Å². The van der Waals surface area contributed by atoms with E-state index in [1.165, 1.54) is 12.1 Å². The molecule has 106 valence electrons. The summed E-state index contributed by atoms with van der Waals surface area (Å²) in [6.45, 7) is 5.67. The van der Waals surface area contributed by atoms with E-state index in [2.05, 4.69) is 9.80 Å². The van der Waals surface area contributed by atoms with Crippen molar-refractivity contribution < 1.29 is 13.2 Å². The molecule has 0 aliphatic carbocycles. The second kappa shape index (κ2) is 5.51. The van der Waals surface area contributed by atoms with Gasteiger partial charge in [-0.15, -0.1) is 0 Å². The lowest BCUT2D eigenvalue weighted by molar-refractivity contribution is -0.138. The number of aryl methyl sites for hydroxylation is 1. The summed E-state index contributed by atoms with van der Waals surface area (Å²) in [5.74, 6) is 0. The Labute approximate surface area is 111 Å². The lowest BCUT2D eigenvalue weighted by Gasteiger charge is -2.33. The summed E-state index contributed by atoms with van der Waals surface area (Å²) in [6.07, 6.45) is -4.27. The van der Waals surface area contributed by atoms with Crippen LogP contribution in [0.1, 0.15) is 16.7 Å². The van der Waals surface area contributed by atoms with E-state index in [4.69, 9.17) is 0 Å². The first-order valence-corrected chi connectivity index (χ1v) is 6.44. The Kier molecular flexibility index (Phi) is 4.16. The van der Waals surface area contributed by atoms with Crippen molar-refractivity contribution in [3.8, 4) is 0 Å². The van der Waals surface area contributed by atoms with E-state index in [1.54, 1.807) is 6.07 Å². The maximum absolute atomic E-state index is 13.0. The number of alkyl halides is 3. The summed E-state index contributed by atoms with van der Waals surface area (Å²) in [4.78, 5) is 4.28. The lowest BCUT2D eigenvalue weighted by atomic mass is 10.0. The molecule has 0 spiro atoms. The Hall–Kier alpha value is -1.07. The van der Waals surface area contributed by atoms with Crippen molar-refractivity contribution in [3.63, 3.8) is 0 Å². The van der Waals surface area contributed by atoms with Crippen LogP contribution in [0.2, 0.25) is 0 Å². The quantitative estimate of drug-likeness (QED) is 0.817. The maximum atomic E-state index is 13.0. The molecule has 1 heterocycles. The van der Waals surface area contributed by atoms with Gasteiger partial charge in [-0.2, -0.15) is 13.2 Å². The van der Waals surface area contributed by atoms with Crippen LogP contribution in [0.4, 0.5) is 13.2 Å². The van der Waals surface area contributed by atoms with Gasteiger partial charge in [-0.05, 0) is 25.6 Å². The van der Waals surface area contributed by atoms with Crippen LogP contribution in [0.15, 0.2) is 18.2 Å². The molecule has 1 aromatic carbocycles. The number of halogens is 3. The van der Waals surface area contributed by atoms with Gasteiger partial charge in [-0.1, -0.05) is 17.7 Å². The molecule has 0 bridgehead atoms. The number of benzene rings is 1. The van der Waals surface area contributed by atoms with Gasteiger partial charge in [0.15, 0.2) is 0 Å². The summed E-state index contributed by atoms with van der Waals surface area (Å²) >= 11 is 0. The van der Waals surface area contributed by atoms with Gasteiger partial charge in [0.25, 0.3) is 0 Å². The van der Waals surface area contributed by atoms with Crippen molar-refractivity contribution >= 4 is 0 Å². The minimum Gasteiger partial charge on any atom is -0.304 e. The highest BCUT2D eigenvalue weighted by molar-refractivity contribution is 5.33. The van der Waals surface area contributed by atoms with Gasteiger partial charge in [-0.25, -0.2) is 0 Å². The first-order valence-electron chi connectivity index (χ1n) is 6.44. The topological polar surface area (TPSA) is 6.48 Å². The zero-order chi connectivity index (χ0) is 14.0. The van der Waals surface area contributed by atoms with E-state index < -0.39 is 11.7 Å². The van der Waals surface area contributed by atoms with E-state index in [0.29, 0.717) is 12.1 Å². The second-order valence-electron chi connectivity index (χ2n) is 5.24. The van der Waals surface area contributed by atoms with Crippen LogP contribution in [0.25, 0.3) is 0 Å². The van der Waals surface area contributed by atoms with Gasteiger partial charge in [0.1, 0.15) is 0 Å². The SMILES string of the molecule is Cc1ccc(C(F)(F)F)c(CN2CCN(C)CC2)c1. The number of hydrogen-bond acceptors (Lipinski definition) is 2. The zero-order valence-electron chi connectivity index (χ0n) is 11.3. The summed E-state index contributed by atoms with van der Waals surface area (Å²) in [5.41, 5.74) is 0.756. The molecule has 1 fully saturated rings. The summed E-state index contributed by atoms with van der Waals surface area (Å²) in [7, 11) is 2.03.